The molecule has 2 aromatic carbocycles. The monoisotopic (exact) mass is 275 g/mol. The van der Waals surface area contributed by atoms with E-state index in [-0.39, 0.29) is 0 Å². The third-order valence-electron chi connectivity index (χ3n) is 3.40. The molecular formula is C18H17N3. The maximum atomic E-state index is 4.37. The van der Waals surface area contributed by atoms with E-state index in [1.54, 1.807) is 0 Å². The molecule has 104 valence electrons. The average Bonchev–Trinajstić information content (AvgIpc) is 2.92. The van der Waals surface area contributed by atoms with Crippen LogP contribution >= 0.6 is 0 Å². The smallest absolute Gasteiger partial charge is 0.116 e. The topological polar surface area (TPSA) is 30.7 Å². The summed E-state index contributed by atoms with van der Waals surface area (Å²) in [4.78, 5) is 0. The molecule has 0 saturated carbocycles. The highest BCUT2D eigenvalue weighted by atomic mass is 15.4. The first-order chi connectivity index (χ1) is 10.4. The Morgan fingerprint density at radius 3 is 2.29 bits per heavy atom. The second kappa shape index (κ2) is 6.18. The van der Waals surface area contributed by atoms with Gasteiger partial charge in [-0.15, -0.1) is 11.7 Å². The van der Waals surface area contributed by atoms with Crippen molar-refractivity contribution in [2.24, 2.45) is 0 Å². The molecule has 1 heterocycles. The Hall–Kier alpha value is -2.68. The van der Waals surface area contributed by atoms with Crippen LogP contribution in [0.15, 0.2) is 73.3 Å². The van der Waals surface area contributed by atoms with Gasteiger partial charge >= 0.3 is 0 Å². The van der Waals surface area contributed by atoms with Crippen LogP contribution in [0.4, 0.5) is 0 Å². The van der Waals surface area contributed by atoms with E-state index in [9.17, 15) is 0 Å². The normalized spacial score (nSPS) is 10.5. The molecule has 3 aromatic rings. The maximum Gasteiger partial charge on any atom is 0.116 e. The van der Waals surface area contributed by atoms with Crippen LogP contribution in [0.1, 0.15) is 11.3 Å². The maximum absolute atomic E-state index is 4.37. The summed E-state index contributed by atoms with van der Waals surface area (Å²) in [5.41, 5.74) is 4.34. The van der Waals surface area contributed by atoms with Crippen molar-refractivity contribution in [3.63, 3.8) is 0 Å². The second-order valence-electron chi connectivity index (χ2n) is 4.89. The first-order valence-electron chi connectivity index (χ1n) is 7.01. The zero-order chi connectivity index (χ0) is 14.5. The van der Waals surface area contributed by atoms with Crippen LogP contribution in [0.5, 0.6) is 0 Å². The van der Waals surface area contributed by atoms with Crippen LogP contribution in [-0.2, 0) is 13.0 Å². The summed E-state index contributed by atoms with van der Waals surface area (Å²) in [6.45, 7) is 4.58. The standard InChI is InChI=1S/C18H17N3/c1-2-9-17-18(16-12-7-4-8-13-16)19-20-21(17)14-15-10-5-3-6-11-15/h2-8,10-13H,1,9,14H2. The van der Waals surface area contributed by atoms with Crippen molar-refractivity contribution in [2.75, 3.05) is 0 Å². The Balaban J connectivity index is 1.98. The van der Waals surface area contributed by atoms with Crippen LogP contribution in [0.25, 0.3) is 11.3 Å². The van der Waals surface area contributed by atoms with Gasteiger partial charge in [0.25, 0.3) is 0 Å². The van der Waals surface area contributed by atoms with Crippen molar-refractivity contribution in [1.29, 1.82) is 0 Å². The number of allylic oxidation sites excluding steroid dienone is 1. The number of aromatic nitrogens is 3. The fourth-order valence-electron chi connectivity index (χ4n) is 2.38. The fourth-order valence-corrected chi connectivity index (χ4v) is 2.38. The molecule has 3 heteroatoms. The Morgan fingerprint density at radius 2 is 1.62 bits per heavy atom. The SMILES string of the molecule is C=CCc1c(-c2ccccc2)nnn1Cc1ccccc1. The summed E-state index contributed by atoms with van der Waals surface area (Å²) in [5, 5.41) is 8.69. The predicted octanol–water partition coefficient (Wildman–Crippen LogP) is 3.72. The minimum atomic E-state index is 0.726. The Bertz CT molecular complexity index is 715. The van der Waals surface area contributed by atoms with Gasteiger partial charge in [0.05, 0.1) is 12.2 Å². The predicted molar refractivity (Wildman–Crippen MR) is 84.9 cm³/mol. The van der Waals surface area contributed by atoms with Gasteiger partial charge in [-0.2, -0.15) is 0 Å². The van der Waals surface area contributed by atoms with E-state index < -0.39 is 0 Å². The zero-order valence-electron chi connectivity index (χ0n) is 11.8. The van der Waals surface area contributed by atoms with E-state index >= 15 is 0 Å². The van der Waals surface area contributed by atoms with Crippen molar-refractivity contribution in [3.05, 3.63) is 84.6 Å². The molecule has 3 nitrogen and oxygen atoms in total. The molecule has 0 radical (unpaired) electrons. The molecule has 3 rings (SSSR count). The molecule has 0 saturated heterocycles. The largest absolute Gasteiger partial charge is 0.244 e. The van der Waals surface area contributed by atoms with Crippen LogP contribution in [0.3, 0.4) is 0 Å². The molecular weight excluding hydrogens is 258 g/mol. The number of rotatable bonds is 5. The average molecular weight is 275 g/mol. The molecule has 0 aliphatic heterocycles. The molecule has 0 atom stereocenters. The third kappa shape index (κ3) is 2.92. The lowest BCUT2D eigenvalue weighted by Gasteiger charge is -2.06. The zero-order valence-corrected chi connectivity index (χ0v) is 11.8. The first kappa shape index (κ1) is 13.3. The first-order valence-corrected chi connectivity index (χ1v) is 7.01. The van der Waals surface area contributed by atoms with Crippen LogP contribution in [0, 0.1) is 0 Å². The minimum absolute atomic E-state index is 0.726. The molecule has 21 heavy (non-hydrogen) atoms. The van der Waals surface area contributed by atoms with E-state index in [1.807, 2.05) is 47.2 Å². The van der Waals surface area contributed by atoms with Gasteiger partial charge < -0.3 is 0 Å². The minimum Gasteiger partial charge on any atom is -0.244 e. The van der Waals surface area contributed by atoms with Crippen molar-refractivity contribution < 1.29 is 0 Å². The van der Waals surface area contributed by atoms with Gasteiger partial charge in [-0.25, -0.2) is 4.68 Å². The van der Waals surface area contributed by atoms with Gasteiger partial charge in [0, 0.05) is 12.0 Å². The highest BCUT2D eigenvalue weighted by Crippen LogP contribution is 2.22. The molecule has 1 aromatic heterocycles. The van der Waals surface area contributed by atoms with E-state index in [1.165, 1.54) is 5.56 Å². The van der Waals surface area contributed by atoms with Crippen molar-refractivity contribution in [1.82, 2.24) is 15.0 Å². The summed E-state index contributed by atoms with van der Waals surface area (Å²) < 4.78 is 1.96. The van der Waals surface area contributed by atoms with Gasteiger partial charge in [-0.1, -0.05) is 72.0 Å². The van der Waals surface area contributed by atoms with Gasteiger partial charge in [0.1, 0.15) is 5.69 Å². The molecule has 0 bridgehead atoms. The molecule has 0 unspecified atom stereocenters. The van der Waals surface area contributed by atoms with Crippen molar-refractivity contribution in [2.45, 2.75) is 13.0 Å². The Labute approximate surface area is 124 Å². The molecule has 0 aliphatic carbocycles. The summed E-state index contributed by atoms with van der Waals surface area (Å²) in [6, 6.07) is 20.5. The summed E-state index contributed by atoms with van der Waals surface area (Å²) in [6.07, 6.45) is 2.65. The highest BCUT2D eigenvalue weighted by molar-refractivity contribution is 5.61. The van der Waals surface area contributed by atoms with Gasteiger partial charge in [0.15, 0.2) is 0 Å². The van der Waals surface area contributed by atoms with Crippen molar-refractivity contribution >= 4 is 0 Å². The van der Waals surface area contributed by atoms with E-state index in [2.05, 4.69) is 41.2 Å². The Morgan fingerprint density at radius 1 is 0.952 bits per heavy atom. The van der Waals surface area contributed by atoms with E-state index in [0.29, 0.717) is 0 Å². The number of hydrogen-bond donors (Lipinski definition) is 0. The number of benzene rings is 2. The van der Waals surface area contributed by atoms with Gasteiger partial charge in [-0.05, 0) is 5.56 Å². The molecule has 0 fully saturated rings. The quantitative estimate of drug-likeness (QED) is 0.664. The van der Waals surface area contributed by atoms with Crippen LogP contribution < -0.4 is 0 Å². The summed E-state index contributed by atoms with van der Waals surface area (Å²) in [5.74, 6) is 0. The highest BCUT2D eigenvalue weighted by Gasteiger charge is 2.13. The number of nitrogens with zero attached hydrogens (tertiary/aromatic N) is 3. The van der Waals surface area contributed by atoms with Crippen LogP contribution in [-0.4, -0.2) is 15.0 Å². The van der Waals surface area contributed by atoms with Gasteiger partial charge in [0.2, 0.25) is 0 Å². The lowest BCUT2D eigenvalue weighted by atomic mass is 10.1. The van der Waals surface area contributed by atoms with E-state index in [4.69, 9.17) is 0 Å². The van der Waals surface area contributed by atoms with E-state index in [0.717, 1.165) is 29.9 Å². The summed E-state index contributed by atoms with van der Waals surface area (Å²) in [7, 11) is 0. The lowest BCUT2D eigenvalue weighted by Crippen LogP contribution is -2.06. The van der Waals surface area contributed by atoms with Crippen molar-refractivity contribution in [3.8, 4) is 11.3 Å². The van der Waals surface area contributed by atoms with Gasteiger partial charge in [-0.3, -0.25) is 0 Å². The lowest BCUT2D eigenvalue weighted by molar-refractivity contribution is 0.627. The molecule has 0 aliphatic rings. The third-order valence-corrected chi connectivity index (χ3v) is 3.40. The number of hydrogen-bond acceptors (Lipinski definition) is 2. The molecule has 0 amide bonds. The molecule has 0 N–H and O–H groups in total. The van der Waals surface area contributed by atoms with Crippen LogP contribution in [0.2, 0.25) is 0 Å². The summed E-state index contributed by atoms with van der Waals surface area (Å²) >= 11 is 0. The Kier molecular flexibility index (Phi) is 3.92. The second-order valence-corrected chi connectivity index (χ2v) is 4.89. The molecule has 0 spiro atoms. The fraction of sp³-hybridized carbons (Fsp3) is 0.111.